The Morgan fingerprint density at radius 2 is 1.74 bits per heavy atom. The van der Waals surface area contributed by atoms with E-state index in [-0.39, 0.29) is 12.4 Å². The summed E-state index contributed by atoms with van der Waals surface area (Å²) in [6.07, 6.45) is -0.848. The van der Waals surface area contributed by atoms with Crippen molar-refractivity contribution in [3.05, 3.63) is 72.8 Å². The van der Waals surface area contributed by atoms with Gasteiger partial charge in [0.1, 0.15) is 43.0 Å². The highest BCUT2D eigenvalue weighted by Gasteiger charge is 2.64. The maximum atomic E-state index is 13.4. The number of nitrogens with zero attached hydrogens (tertiary/aromatic N) is 1. The van der Waals surface area contributed by atoms with Crippen LogP contribution in [0.1, 0.15) is 37.9 Å². The maximum absolute atomic E-state index is 13.4. The van der Waals surface area contributed by atoms with E-state index in [4.69, 9.17) is 9.47 Å². The lowest BCUT2D eigenvalue weighted by molar-refractivity contribution is -0.161. The Morgan fingerprint density at radius 3 is 2.36 bits per heavy atom. The lowest BCUT2D eigenvalue weighted by Gasteiger charge is -2.44. The Morgan fingerprint density at radius 1 is 1.08 bits per heavy atom. The maximum Gasteiger partial charge on any atom is 0.408 e. The van der Waals surface area contributed by atoms with Crippen molar-refractivity contribution in [3.63, 3.8) is 0 Å². The summed E-state index contributed by atoms with van der Waals surface area (Å²) in [4.78, 5) is 64.0. The highest BCUT2D eigenvalue weighted by atomic mass is 32.2. The monoisotopic (exact) mass is 554 g/mol. The molecule has 4 atom stereocenters. The number of ether oxygens (including phenoxy) is 3. The number of carbonyl (C=O) groups is 5. The first kappa shape index (κ1) is 28.0. The lowest BCUT2D eigenvalue weighted by Crippen LogP contribution is -2.71. The van der Waals surface area contributed by atoms with Crippen molar-refractivity contribution in [1.29, 1.82) is 0 Å². The van der Waals surface area contributed by atoms with Crippen molar-refractivity contribution < 1.29 is 38.2 Å². The zero-order chi connectivity index (χ0) is 28.3. The van der Waals surface area contributed by atoms with Gasteiger partial charge < -0.3 is 29.7 Å². The van der Waals surface area contributed by atoms with Gasteiger partial charge in [0.2, 0.25) is 11.8 Å². The molecule has 205 valence electrons. The van der Waals surface area contributed by atoms with E-state index in [2.05, 4.69) is 22.5 Å². The van der Waals surface area contributed by atoms with E-state index in [1.165, 1.54) is 47.9 Å². The van der Waals surface area contributed by atoms with Crippen molar-refractivity contribution >= 4 is 41.6 Å². The number of carbonyl (C=O) groups excluding carboxylic acids is 5. The van der Waals surface area contributed by atoms with E-state index >= 15 is 0 Å². The third kappa shape index (κ3) is 6.00. The Hall–Kier alpha value is -4.06. The fourth-order valence-corrected chi connectivity index (χ4v) is 6.14. The number of alkyl carbamates (subject to hydrolysis) is 1. The van der Waals surface area contributed by atoms with Gasteiger partial charge in [0.05, 0.1) is 0 Å². The number of hydrogen-bond donors (Lipinski definition) is 2. The molecule has 2 aromatic rings. The standard InChI is InChI=1S/C27H28N3O8S/c1-15(31)38-18-12-10-17(11-13-18)19(29-26(35)37-14-16-8-6-5-7-9-16)22(32)28-20-23(33)30-21(25(34)36-4)27(2,3)39-24(20)30/h5-13,19-21,24H,4,14H2,1-3H3,(H,28,32)(H,29,35)/t19?,20-,21+,24-/m1/s1. The van der Waals surface area contributed by atoms with Gasteiger partial charge in [-0.15, -0.1) is 11.8 Å². The van der Waals surface area contributed by atoms with Gasteiger partial charge in [-0.25, -0.2) is 9.59 Å². The quantitative estimate of drug-likeness (QED) is 0.286. The predicted octanol–water partition coefficient (Wildman–Crippen LogP) is 2.46. The Kier molecular flexibility index (Phi) is 8.14. The third-order valence-electron chi connectivity index (χ3n) is 6.32. The number of β-lactam (4-membered cyclic amide) rings is 1. The molecule has 2 aromatic carbocycles. The average Bonchev–Trinajstić information content (AvgIpc) is 3.17. The molecule has 2 fully saturated rings. The first-order valence-corrected chi connectivity index (χ1v) is 12.9. The van der Waals surface area contributed by atoms with Crippen molar-refractivity contribution in [1.82, 2.24) is 15.5 Å². The number of thioether (sulfide) groups is 1. The molecule has 2 aliphatic rings. The molecular weight excluding hydrogens is 526 g/mol. The number of hydrogen-bond acceptors (Lipinski definition) is 9. The van der Waals surface area contributed by atoms with Crippen molar-refractivity contribution in [2.45, 2.75) is 55.6 Å². The molecule has 0 saturated carbocycles. The summed E-state index contributed by atoms with van der Waals surface area (Å²) < 4.78 is 14.3. The Bertz CT molecular complexity index is 1270. The zero-order valence-corrected chi connectivity index (χ0v) is 22.4. The summed E-state index contributed by atoms with van der Waals surface area (Å²) >= 11 is 1.36. The van der Waals surface area contributed by atoms with Crippen LogP contribution in [-0.2, 0) is 35.3 Å². The number of fused-ring (bicyclic) bond motifs is 1. The molecule has 0 bridgehead atoms. The number of esters is 2. The minimum Gasteiger partial charge on any atom is -0.460 e. The van der Waals surface area contributed by atoms with Gasteiger partial charge >= 0.3 is 18.0 Å². The van der Waals surface area contributed by atoms with E-state index in [0.717, 1.165) is 5.56 Å². The topological polar surface area (TPSA) is 140 Å². The molecule has 2 saturated heterocycles. The second-order valence-corrected chi connectivity index (χ2v) is 11.3. The molecular formula is C27H28N3O8S. The van der Waals surface area contributed by atoms with Crippen molar-refractivity contribution in [3.8, 4) is 5.75 Å². The normalized spacial score (nSPS) is 21.6. The molecule has 0 spiro atoms. The first-order valence-electron chi connectivity index (χ1n) is 12.0. The van der Waals surface area contributed by atoms with Gasteiger partial charge in [0.15, 0.2) is 0 Å². The van der Waals surface area contributed by atoms with Crippen LogP contribution in [0.15, 0.2) is 54.6 Å². The van der Waals surface area contributed by atoms with Crippen LogP contribution in [0, 0.1) is 7.11 Å². The summed E-state index contributed by atoms with van der Waals surface area (Å²) in [5.41, 5.74) is 1.12. The molecule has 11 nitrogen and oxygen atoms in total. The summed E-state index contributed by atoms with van der Waals surface area (Å²) in [5.74, 6) is -1.99. The largest absolute Gasteiger partial charge is 0.460 e. The van der Waals surface area contributed by atoms with Crippen LogP contribution >= 0.6 is 11.8 Å². The van der Waals surface area contributed by atoms with Crippen LogP contribution in [0.2, 0.25) is 0 Å². The summed E-state index contributed by atoms with van der Waals surface area (Å²) in [7, 11) is 3.17. The molecule has 1 radical (unpaired) electrons. The molecule has 2 N–H and O–H groups in total. The highest BCUT2D eigenvalue weighted by molar-refractivity contribution is 8.01. The molecule has 3 amide bonds. The van der Waals surface area contributed by atoms with E-state index < -0.39 is 58.1 Å². The van der Waals surface area contributed by atoms with Gasteiger partial charge in [-0.05, 0) is 37.1 Å². The molecule has 39 heavy (non-hydrogen) atoms. The van der Waals surface area contributed by atoms with E-state index in [9.17, 15) is 24.0 Å². The van der Waals surface area contributed by atoms with Crippen LogP contribution in [0.3, 0.4) is 0 Å². The molecule has 2 aliphatic heterocycles. The number of benzene rings is 2. The van der Waals surface area contributed by atoms with Crippen molar-refractivity contribution in [2.75, 3.05) is 0 Å². The lowest BCUT2D eigenvalue weighted by atomic mass is 9.95. The predicted molar refractivity (Wildman–Crippen MR) is 140 cm³/mol. The fourth-order valence-electron chi connectivity index (χ4n) is 4.52. The van der Waals surface area contributed by atoms with Gasteiger partial charge in [-0.1, -0.05) is 42.5 Å². The Balaban J connectivity index is 1.50. The van der Waals surface area contributed by atoms with Gasteiger partial charge in [0.25, 0.3) is 0 Å². The molecule has 1 unspecified atom stereocenters. The first-order chi connectivity index (χ1) is 18.5. The molecule has 0 aromatic heterocycles. The summed E-state index contributed by atoms with van der Waals surface area (Å²) in [5, 5.41) is 4.75. The van der Waals surface area contributed by atoms with Gasteiger partial charge in [0, 0.05) is 11.7 Å². The average molecular weight is 555 g/mol. The Labute approximate surface area is 229 Å². The molecule has 0 aliphatic carbocycles. The fraction of sp³-hybridized carbons (Fsp3) is 0.333. The molecule has 2 heterocycles. The zero-order valence-electron chi connectivity index (χ0n) is 21.5. The number of rotatable bonds is 8. The number of nitrogens with one attached hydrogen (secondary N) is 2. The van der Waals surface area contributed by atoms with Crippen LogP contribution in [0.25, 0.3) is 0 Å². The second-order valence-electron chi connectivity index (χ2n) is 9.51. The number of amides is 3. The van der Waals surface area contributed by atoms with Gasteiger partial charge in [-0.3, -0.25) is 14.4 Å². The van der Waals surface area contributed by atoms with Crippen LogP contribution in [0.4, 0.5) is 4.79 Å². The van der Waals surface area contributed by atoms with E-state index in [0.29, 0.717) is 5.56 Å². The SMILES string of the molecule is [CH2]OC(=O)[C@@H]1N2C(=O)[C@@H](NC(=O)C(NC(=O)OCc3ccccc3)c3ccc(OC(C)=O)cc3)[C@H]2SC1(C)C. The minimum atomic E-state index is -1.23. The van der Waals surface area contributed by atoms with Crippen molar-refractivity contribution in [2.24, 2.45) is 0 Å². The van der Waals surface area contributed by atoms with E-state index in [1.807, 2.05) is 19.9 Å². The van der Waals surface area contributed by atoms with Crippen LogP contribution in [0.5, 0.6) is 5.75 Å². The van der Waals surface area contributed by atoms with Gasteiger partial charge in [-0.2, -0.15) is 0 Å². The second kappa shape index (κ2) is 11.4. The smallest absolute Gasteiger partial charge is 0.408 e. The highest BCUT2D eigenvalue weighted by Crippen LogP contribution is 2.51. The third-order valence-corrected chi connectivity index (χ3v) is 7.89. The molecule has 12 heteroatoms. The minimum absolute atomic E-state index is 0.0138. The summed E-state index contributed by atoms with van der Waals surface area (Å²) in [6, 6.07) is 12.0. The summed E-state index contributed by atoms with van der Waals surface area (Å²) in [6.45, 7) is 4.86. The van der Waals surface area contributed by atoms with Crippen LogP contribution in [-0.4, -0.2) is 57.0 Å². The molecule has 4 rings (SSSR count). The van der Waals surface area contributed by atoms with Crippen LogP contribution < -0.4 is 15.4 Å². The van der Waals surface area contributed by atoms with E-state index in [1.54, 1.807) is 24.3 Å².